The zero-order chi connectivity index (χ0) is 22.1. The molecule has 10 heteroatoms. The van der Waals surface area contributed by atoms with E-state index in [2.05, 4.69) is 15.3 Å². The maximum Gasteiger partial charge on any atom is 0.290 e. The molecule has 1 N–H and O–H groups in total. The second kappa shape index (κ2) is 8.50. The van der Waals surface area contributed by atoms with Crippen LogP contribution < -0.4 is 10.1 Å². The molecule has 2 aliphatic heterocycles. The van der Waals surface area contributed by atoms with Gasteiger partial charge in [-0.05, 0) is 19.1 Å². The monoisotopic (exact) mass is 443 g/mol. The van der Waals surface area contributed by atoms with Crippen LogP contribution in [0.15, 0.2) is 30.6 Å². The topological polar surface area (TPSA) is 105 Å². The molecule has 2 atom stereocenters. The van der Waals surface area contributed by atoms with E-state index >= 15 is 0 Å². The summed E-state index contributed by atoms with van der Waals surface area (Å²) in [4.78, 5) is 50.2. The van der Waals surface area contributed by atoms with Crippen LogP contribution in [-0.2, 0) is 9.59 Å². The molecule has 2 unspecified atom stereocenters. The van der Waals surface area contributed by atoms with Gasteiger partial charge in [0.1, 0.15) is 11.4 Å². The van der Waals surface area contributed by atoms with Crippen LogP contribution in [0.3, 0.4) is 0 Å². The lowest BCUT2D eigenvalue weighted by Crippen LogP contribution is -2.57. The number of piperazine rings is 1. The Morgan fingerprint density at radius 2 is 2.03 bits per heavy atom. The molecule has 4 heterocycles. The van der Waals surface area contributed by atoms with Crippen LogP contribution in [0, 0.1) is 0 Å². The highest BCUT2D eigenvalue weighted by Gasteiger charge is 2.40. The fraction of sp³-hybridized carbons (Fsp3) is 0.381. The highest BCUT2D eigenvalue weighted by molar-refractivity contribution is 6.39. The number of Topliss-reactive ketones (excluding diaryl/α,β-unsaturated/α-hetero) is 1. The molecule has 0 radical (unpaired) electrons. The number of hydrogen-bond acceptors (Lipinski definition) is 7. The normalized spacial score (nSPS) is 20.1. The molecule has 2 aromatic rings. The van der Waals surface area contributed by atoms with Gasteiger partial charge in [-0.15, -0.1) is 0 Å². The van der Waals surface area contributed by atoms with Gasteiger partial charge < -0.3 is 19.9 Å². The zero-order valence-electron chi connectivity index (χ0n) is 17.2. The second-order valence-electron chi connectivity index (χ2n) is 7.52. The molecule has 0 saturated carbocycles. The first-order valence-corrected chi connectivity index (χ1v) is 10.3. The number of fused-ring (bicyclic) bond motifs is 1. The Kier molecular flexibility index (Phi) is 5.77. The van der Waals surface area contributed by atoms with E-state index in [1.54, 1.807) is 29.3 Å². The summed E-state index contributed by atoms with van der Waals surface area (Å²) >= 11 is 6.13. The number of amides is 2. The van der Waals surface area contributed by atoms with Crippen LogP contribution in [-0.4, -0.2) is 76.7 Å². The molecule has 0 aliphatic carbocycles. The number of rotatable bonds is 4. The minimum atomic E-state index is -0.707. The fourth-order valence-corrected chi connectivity index (χ4v) is 4.29. The number of hydrogen-bond donors (Lipinski definition) is 1. The molecular weight excluding hydrogens is 422 g/mol. The quantitative estimate of drug-likeness (QED) is 0.565. The lowest BCUT2D eigenvalue weighted by atomic mass is 9.95. The van der Waals surface area contributed by atoms with E-state index in [1.807, 2.05) is 6.92 Å². The Labute approximate surface area is 184 Å². The van der Waals surface area contributed by atoms with Gasteiger partial charge in [-0.2, -0.15) is 0 Å². The van der Waals surface area contributed by atoms with E-state index in [9.17, 15) is 14.4 Å². The third-order valence-corrected chi connectivity index (χ3v) is 5.96. The lowest BCUT2D eigenvalue weighted by Gasteiger charge is -2.39. The Morgan fingerprint density at radius 3 is 2.71 bits per heavy atom. The Bertz CT molecular complexity index is 1030. The molecule has 9 nitrogen and oxygen atoms in total. The second-order valence-corrected chi connectivity index (χ2v) is 7.88. The van der Waals surface area contributed by atoms with Crippen LogP contribution in [0.25, 0.3) is 0 Å². The number of pyridine rings is 2. The van der Waals surface area contributed by atoms with Crippen molar-refractivity contribution in [2.75, 3.05) is 38.6 Å². The summed E-state index contributed by atoms with van der Waals surface area (Å²) < 4.78 is 5.33. The molecule has 2 aromatic heterocycles. The number of nitrogens with zero attached hydrogens (tertiary/aromatic N) is 4. The molecule has 1 saturated heterocycles. The molecule has 0 aromatic carbocycles. The average molecular weight is 444 g/mol. The SMILES string of the molecule is COc1cnc(Cl)c2c1C(C(=O)C(=O)N1CCN(C(=O)c3ccccn3)C(C)C1)CN2. The van der Waals surface area contributed by atoms with Crippen molar-refractivity contribution in [3.05, 3.63) is 47.0 Å². The molecule has 2 aliphatic rings. The van der Waals surface area contributed by atoms with Crippen molar-refractivity contribution in [2.45, 2.75) is 18.9 Å². The van der Waals surface area contributed by atoms with Crippen molar-refractivity contribution < 1.29 is 19.1 Å². The molecular formula is C21H22ClN5O4. The number of carbonyl (C=O) groups is 3. The average Bonchev–Trinajstić information content (AvgIpc) is 3.24. The van der Waals surface area contributed by atoms with Crippen molar-refractivity contribution >= 4 is 34.9 Å². The lowest BCUT2D eigenvalue weighted by molar-refractivity contribution is -0.146. The summed E-state index contributed by atoms with van der Waals surface area (Å²) in [6.45, 7) is 2.97. The third kappa shape index (κ3) is 3.81. The highest BCUT2D eigenvalue weighted by atomic mass is 35.5. The van der Waals surface area contributed by atoms with Gasteiger partial charge >= 0.3 is 0 Å². The highest BCUT2D eigenvalue weighted by Crippen LogP contribution is 2.42. The number of aromatic nitrogens is 2. The molecule has 0 bridgehead atoms. The number of nitrogens with one attached hydrogen (secondary N) is 1. The van der Waals surface area contributed by atoms with Crippen molar-refractivity contribution in [1.29, 1.82) is 0 Å². The Balaban J connectivity index is 1.47. The van der Waals surface area contributed by atoms with Gasteiger partial charge in [-0.1, -0.05) is 17.7 Å². The zero-order valence-corrected chi connectivity index (χ0v) is 17.9. The van der Waals surface area contributed by atoms with E-state index in [0.29, 0.717) is 29.2 Å². The first-order chi connectivity index (χ1) is 14.9. The predicted octanol–water partition coefficient (Wildman–Crippen LogP) is 1.59. The van der Waals surface area contributed by atoms with E-state index in [0.717, 1.165) is 0 Å². The van der Waals surface area contributed by atoms with Crippen molar-refractivity contribution in [1.82, 2.24) is 19.8 Å². The van der Waals surface area contributed by atoms with Gasteiger partial charge in [0.25, 0.3) is 11.8 Å². The maximum absolute atomic E-state index is 13.1. The van der Waals surface area contributed by atoms with E-state index in [4.69, 9.17) is 16.3 Å². The van der Waals surface area contributed by atoms with E-state index < -0.39 is 17.6 Å². The summed E-state index contributed by atoms with van der Waals surface area (Å²) in [7, 11) is 1.48. The first kappa shape index (κ1) is 21.0. The number of carbonyl (C=O) groups excluding carboxylic acids is 3. The Hall–Kier alpha value is -3.20. The van der Waals surface area contributed by atoms with Crippen LogP contribution in [0.4, 0.5) is 5.69 Å². The first-order valence-electron chi connectivity index (χ1n) is 9.93. The number of anilines is 1. The maximum atomic E-state index is 13.1. The summed E-state index contributed by atoms with van der Waals surface area (Å²) in [6.07, 6.45) is 3.02. The number of ether oxygens (including phenoxy) is 1. The van der Waals surface area contributed by atoms with Gasteiger partial charge in [0.2, 0.25) is 5.78 Å². The minimum absolute atomic E-state index is 0.188. The van der Waals surface area contributed by atoms with E-state index in [1.165, 1.54) is 18.2 Å². The summed E-state index contributed by atoms with van der Waals surface area (Å²) in [5.41, 5.74) is 1.43. The van der Waals surface area contributed by atoms with Crippen molar-refractivity contribution in [3.63, 3.8) is 0 Å². The van der Waals surface area contributed by atoms with Gasteiger partial charge in [0.05, 0.1) is 24.9 Å². The molecule has 1 fully saturated rings. The standard InChI is InChI=1S/C21H22ClN5O4/c1-12-11-26(7-8-27(12)20(29)14-5-3-4-6-23-14)21(30)18(28)13-9-24-17-16(13)15(31-2)10-25-19(17)22/h3-6,10,12-13,24H,7-9,11H2,1-2H3. The third-order valence-electron chi connectivity index (χ3n) is 5.67. The number of halogens is 1. The smallest absolute Gasteiger partial charge is 0.290 e. The van der Waals surface area contributed by atoms with Crippen molar-refractivity contribution in [3.8, 4) is 5.75 Å². The number of methoxy groups -OCH3 is 1. The van der Waals surface area contributed by atoms with Gasteiger partial charge in [-0.25, -0.2) is 4.98 Å². The minimum Gasteiger partial charge on any atom is -0.495 e. The van der Waals surface area contributed by atoms with Gasteiger partial charge in [0, 0.05) is 44.0 Å². The van der Waals surface area contributed by atoms with Crippen LogP contribution >= 0.6 is 11.6 Å². The molecule has 0 spiro atoms. The fourth-order valence-electron chi connectivity index (χ4n) is 4.08. The summed E-state index contributed by atoms with van der Waals surface area (Å²) in [6, 6.07) is 4.92. The van der Waals surface area contributed by atoms with Gasteiger partial charge in [0.15, 0.2) is 5.15 Å². The molecule has 4 rings (SSSR count). The van der Waals surface area contributed by atoms with Gasteiger partial charge in [-0.3, -0.25) is 19.4 Å². The Morgan fingerprint density at radius 1 is 1.23 bits per heavy atom. The largest absolute Gasteiger partial charge is 0.495 e. The summed E-state index contributed by atoms with van der Waals surface area (Å²) in [5.74, 6) is -1.60. The molecule has 162 valence electrons. The van der Waals surface area contributed by atoms with Crippen LogP contribution in [0.2, 0.25) is 5.15 Å². The number of ketones is 1. The van der Waals surface area contributed by atoms with Crippen molar-refractivity contribution in [2.24, 2.45) is 0 Å². The van der Waals surface area contributed by atoms with Crippen LogP contribution in [0.1, 0.15) is 28.9 Å². The molecule has 31 heavy (non-hydrogen) atoms. The van der Waals surface area contributed by atoms with Crippen LogP contribution in [0.5, 0.6) is 5.75 Å². The summed E-state index contributed by atoms with van der Waals surface area (Å²) in [5, 5.41) is 3.29. The molecule has 2 amide bonds. The predicted molar refractivity (Wildman–Crippen MR) is 113 cm³/mol. The van der Waals surface area contributed by atoms with E-state index in [-0.39, 0.29) is 36.7 Å².